The van der Waals surface area contributed by atoms with Crippen LogP contribution < -0.4 is 9.47 Å². The minimum Gasteiger partial charge on any atom is -0.497 e. The van der Waals surface area contributed by atoms with Gasteiger partial charge >= 0.3 is 6.18 Å². The van der Waals surface area contributed by atoms with Gasteiger partial charge in [-0.15, -0.1) is 0 Å². The van der Waals surface area contributed by atoms with Crippen LogP contribution in [0.15, 0.2) is 34.7 Å². The number of hydrogen-bond acceptors (Lipinski definition) is 6. The topological polar surface area (TPSA) is 75.2 Å². The van der Waals surface area contributed by atoms with E-state index in [-0.39, 0.29) is 29.2 Å². The largest absolute Gasteiger partial charge is 0.497 e. The summed E-state index contributed by atoms with van der Waals surface area (Å²) < 4.78 is 58.5. The Hall–Kier alpha value is -3.56. The Morgan fingerprint density at radius 2 is 1.81 bits per heavy atom. The molecule has 0 radical (unpaired) electrons. The lowest BCUT2D eigenvalue weighted by Gasteiger charge is -2.11. The van der Waals surface area contributed by atoms with Crippen molar-refractivity contribution in [1.29, 1.82) is 0 Å². The first-order chi connectivity index (χ1) is 14.7. The molecule has 0 saturated heterocycles. The van der Waals surface area contributed by atoms with Crippen LogP contribution in [0.1, 0.15) is 22.7 Å². The monoisotopic (exact) mass is 432 g/mol. The van der Waals surface area contributed by atoms with E-state index in [1.807, 2.05) is 0 Å². The Morgan fingerprint density at radius 3 is 2.45 bits per heavy atom. The third-order valence-corrected chi connectivity index (χ3v) is 4.84. The highest BCUT2D eigenvalue weighted by Gasteiger charge is 2.35. The highest BCUT2D eigenvalue weighted by atomic mass is 19.4. The van der Waals surface area contributed by atoms with Gasteiger partial charge in [-0.05, 0) is 38.1 Å². The summed E-state index contributed by atoms with van der Waals surface area (Å²) in [4.78, 5) is 8.61. The fourth-order valence-corrected chi connectivity index (χ4v) is 3.28. The summed E-state index contributed by atoms with van der Waals surface area (Å²) >= 11 is 0. The molecule has 0 fully saturated rings. The summed E-state index contributed by atoms with van der Waals surface area (Å²) in [6, 6.07) is 8.03. The van der Waals surface area contributed by atoms with E-state index in [0.717, 1.165) is 11.6 Å². The van der Waals surface area contributed by atoms with Crippen molar-refractivity contribution >= 4 is 11.0 Å². The van der Waals surface area contributed by atoms with Crippen molar-refractivity contribution < 1.29 is 27.1 Å². The molecule has 0 atom stereocenters. The molecule has 0 aliphatic carbocycles. The number of nitrogens with zero attached hydrogens (tertiary/aromatic N) is 4. The fourth-order valence-electron chi connectivity index (χ4n) is 3.28. The summed E-state index contributed by atoms with van der Waals surface area (Å²) in [6.45, 7) is 3.12. The predicted octanol–water partition coefficient (Wildman–Crippen LogP) is 4.85. The molecular weight excluding hydrogens is 413 g/mol. The van der Waals surface area contributed by atoms with E-state index in [9.17, 15) is 13.2 Å². The summed E-state index contributed by atoms with van der Waals surface area (Å²) in [6.07, 6.45) is -4.57. The predicted molar refractivity (Wildman–Crippen MR) is 106 cm³/mol. The molecule has 31 heavy (non-hydrogen) atoms. The van der Waals surface area contributed by atoms with E-state index >= 15 is 0 Å². The first kappa shape index (κ1) is 20.7. The van der Waals surface area contributed by atoms with Gasteiger partial charge in [0.05, 0.1) is 23.8 Å². The Labute approximate surface area is 175 Å². The van der Waals surface area contributed by atoms with Crippen molar-refractivity contribution in [1.82, 2.24) is 19.7 Å². The minimum absolute atomic E-state index is 0.0400. The van der Waals surface area contributed by atoms with Crippen LogP contribution in [0.2, 0.25) is 0 Å². The molecule has 0 unspecified atom stereocenters. The first-order valence-corrected chi connectivity index (χ1v) is 9.32. The quantitative estimate of drug-likeness (QED) is 0.449. The number of ether oxygens (including phenoxy) is 2. The van der Waals surface area contributed by atoms with E-state index in [0.29, 0.717) is 23.1 Å². The van der Waals surface area contributed by atoms with Crippen LogP contribution in [0.25, 0.3) is 22.5 Å². The lowest BCUT2D eigenvalue weighted by molar-refractivity contribution is -0.136. The fraction of sp³-hybridized carbons (Fsp3) is 0.286. The Morgan fingerprint density at radius 1 is 1.10 bits per heavy atom. The molecule has 1 aromatic carbocycles. The highest BCUT2D eigenvalue weighted by molar-refractivity contribution is 5.83. The maximum Gasteiger partial charge on any atom is 0.417 e. The molecule has 162 valence electrons. The van der Waals surface area contributed by atoms with Gasteiger partial charge in [0.2, 0.25) is 11.8 Å². The van der Waals surface area contributed by atoms with Gasteiger partial charge in [-0.2, -0.15) is 23.3 Å². The van der Waals surface area contributed by atoms with Gasteiger partial charge < -0.3 is 13.9 Å². The molecule has 10 heteroatoms. The summed E-state index contributed by atoms with van der Waals surface area (Å²) in [7, 11) is 3.11. The number of benzene rings is 1. The van der Waals surface area contributed by atoms with Gasteiger partial charge in [0.1, 0.15) is 23.8 Å². The van der Waals surface area contributed by atoms with Gasteiger partial charge in [0.25, 0.3) is 0 Å². The number of aromatic nitrogens is 4. The van der Waals surface area contributed by atoms with Crippen LogP contribution in [-0.4, -0.2) is 26.9 Å². The lowest BCUT2D eigenvalue weighted by Crippen LogP contribution is -2.09. The van der Waals surface area contributed by atoms with Gasteiger partial charge in [0.15, 0.2) is 5.65 Å². The molecule has 0 aliphatic rings. The van der Waals surface area contributed by atoms with E-state index in [2.05, 4.69) is 15.1 Å². The summed E-state index contributed by atoms with van der Waals surface area (Å²) in [5.74, 6) is 1.40. The Balaban J connectivity index is 1.62. The van der Waals surface area contributed by atoms with Gasteiger partial charge in [0, 0.05) is 18.7 Å². The van der Waals surface area contributed by atoms with Crippen LogP contribution >= 0.6 is 0 Å². The van der Waals surface area contributed by atoms with Crippen LogP contribution in [-0.2, 0) is 19.8 Å². The Kier molecular flexibility index (Phi) is 5.08. The number of oxazole rings is 1. The molecule has 0 N–H and O–H groups in total. The average molecular weight is 432 g/mol. The van der Waals surface area contributed by atoms with E-state index in [1.54, 1.807) is 38.3 Å². The second kappa shape index (κ2) is 7.60. The molecule has 3 heterocycles. The number of fused-ring (bicyclic) bond motifs is 1. The number of rotatable bonds is 5. The zero-order valence-electron chi connectivity index (χ0n) is 17.2. The normalized spacial score (nSPS) is 11.8. The van der Waals surface area contributed by atoms with E-state index < -0.39 is 11.7 Å². The molecule has 0 bridgehead atoms. The van der Waals surface area contributed by atoms with Crippen molar-refractivity contribution in [3.05, 3.63) is 53.0 Å². The first-order valence-electron chi connectivity index (χ1n) is 9.32. The van der Waals surface area contributed by atoms with Crippen LogP contribution in [0.4, 0.5) is 13.2 Å². The molecular formula is C21H19F3N4O3. The molecule has 4 aromatic rings. The number of halogens is 3. The molecule has 0 spiro atoms. The van der Waals surface area contributed by atoms with E-state index in [1.165, 1.54) is 18.7 Å². The second-order valence-electron chi connectivity index (χ2n) is 6.95. The lowest BCUT2D eigenvalue weighted by atomic mass is 10.1. The number of methoxy groups -OCH3 is 1. The molecule has 7 nitrogen and oxygen atoms in total. The molecule has 0 saturated carbocycles. The summed E-state index contributed by atoms with van der Waals surface area (Å²) in [5, 5.41) is 4.01. The second-order valence-corrected chi connectivity index (χ2v) is 6.95. The van der Waals surface area contributed by atoms with Crippen LogP contribution in [0.3, 0.4) is 0 Å². The van der Waals surface area contributed by atoms with Gasteiger partial charge in [-0.25, -0.2) is 4.98 Å². The third kappa shape index (κ3) is 3.92. The van der Waals surface area contributed by atoms with E-state index in [4.69, 9.17) is 13.9 Å². The Bertz CT molecular complexity index is 1240. The molecule has 4 rings (SSSR count). The zero-order chi connectivity index (χ0) is 22.3. The average Bonchev–Trinajstić information content (AvgIpc) is 3.24. The van der Waals surface area contributed by atoms with Gasteiger partial charge in [-0.3, -0.25) is 4.68 Å². The minimum atomic E-state index is -4.57. The van der Waals surface area contributed by atoms with Crippen LogP contribution in [0.5, 0.6) is 11.6 Å². The number of aryl methyl sites for hydroxylation is 3. The third-order valence-electron chi connectivity index (χ3n) is 4.84. The van der Waals surface area contributed by atoms with Gasteiger partial charge in [-0.1, -0.05) is 0 Å². The van der Waals surface area contributed by atoms with Crippen molar-refractivity contribution in [3.8, 4) is 23.1 Å². The number of hydrogen-bond donors (Lipinski definition) is 0. The van der Waals surface area contributed by atoms with Crippen molar-refractivity contribution in [3.63, 3.8) is 0 Å². The maximum atomic E-state index is 13.6. The zero-order valence-corrected chi connectivity index (χ0v) is 17.2. The summed E-state index contributed by atoms with van der Waals surface area (Å²) in [5.41, 5.74) is 0.703. The van der Waals surface area contributed by atoms with Crippen LogP contribution in [0, 0.1) is 13.8 Å². The van der Waals surface area contributed by atoms with Crippen molar-refractivity contribution in [2.45, 2.75) is 26.6 Å². The highest BCUT2D eigenvalue weighted by Crippen LogP contribution is 2.37. The standard InChI is InChI=1S/C21H19F3N4O3/c1-11-18-15(21(22,23)24)9-17(26-19(18)28(3)27-11)30-10-16-12(2)31-20(25-16)13-5-7-14(29-4)8-6-13/h5-9H,10H2,1-4H3. The number of alkyl halides is 3. The molecule has 3 aromatic heterocycles. The number of pyridine rings is 1. The maximum absolute atomic E-state index is 13.6. The van der Waals surface area contributed by atoms with Crippen molar-refractivity contribution in [2.75, 3.05) is 7.11 Å². The van der Waals surface area contributed by atoms with Crippen molar-refractivity contribution in [2.24, 2.45) is 7.05 Å². The molecule has 0 amide bonds. The SMILES string of the molecule is COc1ccc(-c2nc(COc3cc(C(F)(F)F)c4c(C)nn(C)c4n3)c(C)o2)cc1. The smallest absolute Gasteiger partial charge is 0.417 e. The molecule has 0 aliphatic heterocycles.